The third-order valence-electron chi connectivity index (χ3n) is 8.91. The molecule has 0 aromatic heterocycles. The molecule has 8 aromatic carbocycles. The molecule has 0 amide bonds. The highest BCUT2D eigenvalue weighted by Crippen LogP contribution is 2.43. The average Bonchev–Trinajstić information content (AvgIpc) is 3.14. The maximum absolute atomic E-state index is 2.37. The van der Waals surface area contributed by atoms with Gasteiger partial charge in [-0.1, -0.05) is 133 Å². The summed E-state index contributed by atoms with van der Waals surface area (Å²) in [5, 5.41) is 4.87. The minimum Gasteiger partial charge on any atom is -0.310 e. The molecule has 0 fully saturated rings. The molecule has 0 unspecified atom stereocenters. The molecule has 0 atom stereocenters. The SMILES string of the molecule is Cc1ccc(-c2ccc(N(c3ccc(N(c4ccccc4)c4cccc5ccccc45)cc3)c3cccc4ccccc34)cc2)cc1. The van der Waals surface area contributed by atoms with Crippen LogP contribution >= 0.6 is 0 Å². The van der Waals surface area contributed by atoms with Crippen molar-refractivity contribution in [2.24, 2.45) is 0 Å². The van der Waals surface area contributed by atoms with Crippen LogP contribution in [-0.4, -0.2) is 0 Å². The van der Waals surface area contributed by atoms with Crippen LogP contribution in [0.4, 0.5) is 34.1 Å². The molecule has 224 valence electrons. The van der Waals surface area contributed by atoms with Gasteiger partial charge in [-0.3, -0.25) is 0 Å². The molecular weight excluding hydrogens is 569 g/mol. The highest BCUT2D eigenvalue weighted by atomic mass is 15.2. The third kappa shape index (κ3) is 5.51. The summed E-state index contributed by atoms with van der Waals surface area (Å²) >= 11 is 0. The molecule has 0 bridgehead atoms. The number of rotatable bonds is 7. The predicted octanol–water partition coefficient (Wildman–Crippen LogP) is 12.9. The fourth-order valence-electron chi connectivity index (χ4n) is 6.54. The van der Waals surface area contributed by atoms with Crippen LogP contribution in [0.25, 0.3) is 32.7 Å². The molecular formula is C45H34N2. The van der Waals surface area contributed by atoms with E-state index in [2.05, 4.69) is 205 Å². The topological polar surface area (TPSA) is 6.48 Å². The monoisotopic (exact) mass is 602 g/mol. The second-order valence-corrected chi connectivity index (χ2v) is 11.9. The molecule has 0 saturated carbocycles. The Morgan fingerprint density at radius 1 is 0.298 bits per heavy atom. The molecule has 0 saturated heterocycles. The van der Waals surface area contributed by atoms with Crippen LogP contribution in [-0.2, 0) is 0 Å². The summed E-state index contributed by atoms with van der Waals surface area (Å²) in [7, 11) is 0. The Morgan fingerprint density at radius 3 is 1.15 bits per heavy atom. The van der Waals surface area contributed by atoms with E-state index in [1.807, 2.05) is 0 Å². The minimum absolute atomic E-state index is 1.10. The zero-order valence-corrected chi connectivity index (χ0v) is 26.3. The lowest BCUT2D eigenvalue weighted by atomic mass is 10.0. The summed E-state index contributed by atoms with van der Waals surface area (Å²) in [5.74, 6) is 0. The second-order valence-electron chi connectivity index (χ2n) is 11.9. The average molecular weight is 603 g/mol. The van der Waals surface area contributed by atoms with E-state index in [1.165, 1.54) is 38.2 Å². The number of benzene rings is 8. The van der Waals surface area contributed by atoms with E-state index in [1.54, 1.807) is 0 Å². The van der Waals surface area contributed by atoms with Crippen molar-refractivity contribution >= 4 is 55.7 Å². The molecule has 8 rings (SSSR count). The van der Waals surface area contributed by atoms with Gasteiger partial charge in [0.05, 0.1) is 11.4 Å². The van der Waals surface area contributed by atoms with E-state index in [9.17, 15) is 0 Å². The lowest BCUT2D eigenvalue weighted by molar-refractivity contribution is 1.27. The zero-order chi connectivity index (χ0) is 31.6. The van der Waals surface area contributed by atoms with Crippen molar-refractivity contribution in [1.29, 1.82) is 0 Å². The van der Waals surface area contributed by atoms with Crippen molar-refractivity contribution in [3.05, 3.63) is 194 Å². The van der Waals surface area contributed by atoms with Gasteiger partial charge >= 0.3 is 0 Å². The van der Waals surface area contributed by atoms with Crippen molar-refractivity contribution in [3.63, 3.8) is 0 Å². The minimum atomic E-state index is 1.10. The Balaban J connectivity index is 1.25. The molecule has 2 heteroatoms. The van der Waals surface area contributed by atoms with Crippen LogP contribution < -0.4 is 9.80 Å². The van der Waals surface area contributed by atoms with Crippen molar-refractivity contribution in [2.75, 3.05) is 9.80 Å². The summed E-state index contributed by atoms with van der Waals surface area (Å²) in [5.41, 5.74) is 10.4. The quantitative estimate of drug-likeness (QED) is 0.179. The van der Waals surface area contributed by atoms with Crippen molar-refractivity contribution in [1.82, 2.24) is 0 Å². The summed E-state index contributed by atoms with van der Waals surface area (Å²) in [6.45, 7) is 2.13. The first-order valence-corrected chi connectivity index (χ1v) is 16.1. The van der Waals surface area contributed by atoms with Crippen LogP contribution in [0.5, 0.6) is 0 Å². The van der Waals surface area contributed by atoms with E-state index >= 15 is 0 Å². The number of aryl methyl sites for hydroxylation is 1. The van der Waals surface area contributed by atoms with Gasteiger partial charge in [-0.25, -0.2) is 0 Å². The van der Waals surface area contributed by atoms with E-state index in [0.717, 1.165) is 34.1 Å². The molecule has 0 radical (unpaired) electrons. The highest BCUT2D eigenvalue weighted by molar-refractivity contribution is 6.00. The van der Waals surface area contributed by atoms with Crippen molar-refractivity contribution in [3.8, 4) is 11.1 Å². The second kappa shape index (κ2) is 12.3. The smallest absolute Gasteiger partial charge is 0.0540 e. The Bertz CT molecular complexity index is 2280. The van der Waals surface area contributed by atoms with Gasteiger partial charge in [0.2, 0.25) is 0 Å². The largest absolute Gasteiger partial charge is 0.310 e. The predicted molar refractivity (Wildman–Crippen MR) is 201 cm³/mol. The van der Waals surface area contributed by atoms with E-state index in [0.29, 0.717) is 0 Å². The van der Waals surface area contributed by atoms with Gasteiger partial charge in [-0.2, -0.15) is 0 Å². The van der Waals surface area contributed by atoms with E-state index < -0.39 is 0 Å². The molecule has 47 heavy (non-hydrogen) atoms. The van der Waals surface area contributed by atoms with Crippen LogP contribution in [0.15, 0.2) is 188 Å². The molecule has 0 spiro atoms. The van der Waals surface area contributed by atoms with Gasteiger partial charge in [-0.15, -0.1) is 0 Å². The number of fused-ring (bicyclic) bond motifs is 2. The normalized spacial score (nSPS) is 11.1. The summed E-state index contributed by atoms with van der Waals surface area (Å²) < 4.78 is 0. The van der Waals surface area contributed by atoms with Gasteiger partial charge in [0.1, 0.15) is 0 Å². The van der Waals surface area contributed by atoms with Crippen LogP contribution in [0.3, 0.4) is 0 Å². The molecule has 0 aliphatic heterocycles. The standard InChI is InChI=1S/C45H34N2/c1-33-21-23-34(24-22-33)35-25-27-39(28-26-35)47(45-20-10-14-37-12-6-8-18-43(37)45)41-31-29-40(30-32-41)46(38-15-3-2-4-16-38)44-19-9-13-36-11-5-7-17-42(36)44/h2-32H,1H3. The van der Waals surface area contributed by atoms with Crippen LogP contribution in [0.2, 0.25) is 0 Å². The maximum atomic E-state index is 2.37. The van der Waals surface area contributed by atoms with Gasteiger partial charge < -0.3 is 9.80 Å². The first-order chi connectivity index (χ1) is 23.2. The van der Waals surface area contributed by atoms with Crippen LogP contribution in [0.1, 0.15) is 5.56 Å². The summed E-state index contributed by atoms with van der Waals surface area (Å²) in [6, 6.07) is 67.5. The fraction of sp³-hybridized carbons (Fsp3) is 0.0222. The van der Waals surface area contributed by atoms with Crippen LogP contribution in [0, 0.1) is 6.92 Å². The molecule has 0 aliphatic carbocycles. The molecule has 0 heterocycles. The lowest BCUT2D eigenvalue weighted by Crippen LogP contribution is -2.12. The summed E-state index contributed by atoms with van der Waals surface area (Å²) in [6.07, 6.45) is 0. The van der Waals surface area contributed by atoms with Gasteiger partial charge in [-0.05, 0) is 89.5 Å². The number of nitrogens with zero attached hydrogens (tertiary/aromatic N) is 2. The molecule has 8 aromatic rings. The Labute approximate surface area is 276 Å². The van der Waals surface area contributed by atoms with E-state index in [4.69, 9.17) is 0 Å². The summed E-state index contributed by atoms with van der Waals surface area (Å²) in [4.78, 5) is 4.72. The van der Waals surface area contributed by atoms with Gasteiger partial charge in [0.25, 0.3) is 0 Å². The number of hydrogen-bond donors (Lipinski definition) is 0. The number of para-hydroxylation sites is 1. The molecule has 2 nitrogen and oxygen atoms in total. The van der Waals surface area contributed by atoms with Crippen molar-refractivity contribution in [2.45, 2.75) is 6.92 Å². The Morgan fingerprint density at radius 2 is 0.660 bits per heavy atom. The number of hydrogen-bond acceptors (Lipinski definition) is 2. The van der Waals surface area contributed by atoms with Gasteiger partial charge in [0.15, 0.2) is 0 Å². The fourth-order valence-corrected chi connectivity index (χ4v) is 6.54. The number of anilines is 6. The molecule has 0 aliphatic rings. The first-order valence-electron chi connectivity index (χ1n) is 16.1. The third-order valence-corrected chi connectivity index (χ3v) is 8.91. The van der Waals surface area contributed by atoms with E-state index in [-0.39, 0.29) is 0 Å². The maximum Gasteiger partial charge on any atom is 0.0540 e. The Hall–Kier alpha value is -6.12. The lowest BCUT2D eigenvalue weighted by Gasteiger charge is -2.29. The highest BCUT2D eigenvalue weighted by Gasteiger charge is 2.18. The Kier molecular flexibility index (Phi) is 7.45. The van der Waals surface area contributed by atoms with Gasteiger partial charge in [0, 0.05) is 33.5 Å². The molecule has 0 N–H and O–H groups in total. The zero-order valence-electron chi connectivity index (χ0n) is 26.3. The van der Waals surface area contributed by atoms with Crippen molar-refractivity contribution < 1.29 is 0 Å². The first kappa shape index (κ1) is 28.4.